The third kappa shape index (κ3) is 4.62. The van der Waals surface area contributed by atoms with Crippen molar-refractivity contribution in [2.75, 3.05) is 4.90 Å². The number of hydrogen-bond acceptors (Lipinski definition) is 1. The first-order valence-electron chi connectivity index (χ1n) is 17.5. The maximum absolute atomic E-state index is 2.48. The first-order chi connectivity index (χ1) is 23.6. The third-order valence-electron chi connectivity index (χ3n) is 10.8. The van der Waals surface area contributed by atoms with Crippen LogP contribution in [0.5, 0.6) is 0 Å². The number of nitrogens with zero attached hydrogens (tertiary/aromatic N) is 2. The summed E-state index contributed by atoms with van der Waals surface area (Å²) in [5, 5.41) is 0. The van der Waals surface area contributed by atoms with Crippen LogP contribution in [0.3, 0.4) is 0 Å². The molecule has 234 valence electrons. The van der Waals surface area contributed by atoms with Gasteiger partial charge in [-0.2, -0.15) is 0 Å². The summed E-state index contributed by atoms with van der Waals surface area (Å²) < 4.78 is 2.48. The lowest BCUT2D eigenvalue weighted by atomic mass is 9.78. The van der Waals surface area contributed by atoms with Crippen LogP contribution in [0.15, 0.2) is 139 Å². The van der Waals surface area contributed by atoms with Crippen molar-refractivity contribution in [1.82, 2.24) is 4.57 Å². The predicted molar refractivity (Wildman–Crippen MR) is 203 cm³/mol. The van der Waals surface area contributed by atoms with Crippen molar-refractivity contribution in [3.63, 3.8) is 0 Å². The standard InChI is InChI=1S/C46H40N2/c1-46(2)42-21-11-9-19-38(42)39-29-28-37(31-43(39)46)47(34-15-5-3-6-16-34)36-26-24-32(25-27-36)33-14-13-23-45-41(30-33)40-20-10-12-22-44(40)48(45)35-17-7-4-8-18-35/h3-9,12-19,22,24-31H,10-11,20-21,23H2,1-2H3. The van der Waals surface area contributed by atoms with Crippen molar-refractivity contribution in [3.05, 3.63) is 178 Å². The normalized spacial score (nSPS) is 16.9. The van der Waals surface area contributed by atoms with Gasteiger partial charge in [-0.25, -0.2) is 0 Å². The molecule has 2 nitrogen and oxygen atoms in total. The molecule has 0 fully saturated rings. The highest BCUT2D eigenvalue weighted by molar-refractivity contribution is 5.92. The van der Waals surface area contributed by atoms with Gasteiger partial charge in [0, 0.05) is 51.5 Å². The average Bonchev–Trinajstić information content (AvgIpc) is 3.44. The highest BCUT2D eigenvalue weighted by Gasteiger charge is 2.37. The van der Waals surface area contributed by atoms with Gasteiger partial charge in [-0.15, -0.1) is 0 Å². The van der Waals surface area contributed by atoms with Gasteiger partial charge in [-0.05, 0) is 120 Å². The Bertz CT molecular complexity index is 2200. The second-order valence-electron chi connectivity index (χ2n) is 13.9. The van der Waals surface area contributed by atoms with Crippen molar-refractivity contribution < 1.29 is 0 Å². The highest BCUT2D eigenvalue weighted by Crippen LogP contribution is 2.51. The largest absolute Gasteiger partial charge is 0.313 e. The maximum Gasteiger partial charge on any atom is 0.0494 e. The van der Waals surface area contributed by atoms with Gasteiger partial charge in [-0.3, -0.25) is 0 Å². The quantitative estimate of drug-likeness (QED) is 0.190. The van der Waals surface area contributed by atoms with E-state index in [1.54, 1.807) is 5.57 Å². The van der Waals surface area contributed by atoms with E-state index < -0.39 is 0 Å². The Morgan fingerprint density at radius 2 is 1.38 bits per heavy atom. The van der Waals surface area contributed by atoms with Crippen LogP contribution in [0.1, 0.15) is 72.3 Å². The molecule has 1 heterocycles. The second kappa shape index (κ2) is 11.4. The van der Waals surface area contributed by atoms with E-state index in [9.17, 15) is 0 Å². The summed E-state index contributed by atoms with van der Waals surface area (Å²) in [6, 6.07) is 37.9. The number of hydrogen-bond donors (Lipinski definition) is 0. The molecule has 1 aromatic heterocycles. The van der Waals surface area contributed by atoms with Gasteiger partial charge in [0.15, 0.2) is 0 Å². The monoisotopic (exact) mass is 620 g/mol. The molecule has 0 saturated heterocycles. The molecule has 0 atom stereocenters. The van der Waals surface area contributed by atoms with Gasteiger partial charge in [0.05, 0.1) is 0 Å². The number of anilines is 3. The topological polar surface area (TPSA) is 8.17 Å². The van der Waals surface area contributed by atoms with Crippen molar-refractivity contribution in [2.24, 2.45) is 0 Å². The van der Waals surface area contributed by atoms with Crippen molar-refractivity contribution >= 4 is 40.4 Å². The van der Waals surface area contributed by atoms with Gasteiger partial charge in [-0.1, -0.05) is 104 Å². The molecule has 5 aromatic rings. The fourth-order valence-corrected chi connectivity index (χ4v) is 8.48. The summed E-state index contributed by atoms with van der Waals surface area (Å²) >= 11 is 0. The maximum atomic E-state index is 2.48. The lowest BCUT2D eigenvalue weighted by Gasteiger charge is -2.29. The number of para-hydroxylation sites is 2. The Morgan fingerprint density at radius 3 is 2.19 bits per heavy atom. The molecular formula is C46H40N2. The summed E-state index contributed by atoms with van der Waals surface area (Å²) in [6.45, 7) is 4.80. The molecule has 48 heavy (non-hydrogen) atoms. The minimum absolute atomic E-state index is 0.0310. The van der Waals surface area contributed by atoms with Crippen LogP contribution in [-0.2, 0) is 18.3 Å². The Kier molecular flexibility index (Phi) is 6.86. The SMILES string of the molecule is CC1(C)C2=C(C=CCC2)c2ccc(N(c3ccccc3)c3ccc(C4=Cc5c6c(n(-c7ccccc7)c5CC=C4)C=CCC6)cc3)cc21. The van der Waals surface area contributed by atoms with Gasteiger partial charge in [0.25, 0.3) is 0 Å². The molecule has 0 aliphatic heterocycles. The van der Waals surface area contributed by atoms with E-state index in [1.165, 1.54) is 67.4 Å². The zero-order valence-corrected chi connectivity index (χ0v) is 27.8. The first-order valence-corrected chi connectivity index (χ1v) is 17.5. The molecule has 0 N–H and O–H groups in total. The van der Waals surface area contributed by atoms with Crippen LogP contribution in [0.4, 0.5) is 17.1 Å². The van der Waals surface area contributed by atoms with Crippen LogP contribution < -0.4 is 4.90 Å². The number of rotatable bonds is 5. The van der Waals surface area contributed by atoms with E-state index in [0.29, 0.717) is 0 Å². The summed E-state index contributed by atoms with van der Waals surface area (Å²) in [4.78, 5) is 2.41. The molecule has 0 saturated carbocycles. The Balaban J connectivity index is 1.11. The molecule has 0 spiro atoms. The minimum Gasteiger partial charge on any atom is -0.313 e. The molecular weight excluding hydrogens is 581 g/mol. The third-order valence-corrected chi connectivity index (χ3v) is 10.8. The predicted octanol–water partition coefficient (Wildman–Crippen LogP) is 12.0. The fraction of sp³-hybridized carbons (Fsp3) is 0.174. The lowest BCUT2D eigenvalue weighted by molar-refractivity contribution is 0.607. The number of benzene rings is 4. The van der Waals surface area contributed by atoms with E-state index >= 15 is 0 Å². The van der Waals surface area contributed by atoms with Crippen molar-refractivity contribution in [1.29, 1.82) is 0 Å². The average molecular weight is 621 g/mol. The Labute approximate surface area is 284 Å². The molecule has 4 aromatic carbocycles. The zero-order chi connectivity index (χ0) is 32.2. The molecule has 9 rings (SSSR count). The Morgan fingerprint density at radius 1 is 0.667 bits per heavy atom. The molecule has 0 bridgehead atoms. The second-order valence-corrected chi connectivity index (χ2v) is 13.9. The van der Waals surface area contributed by atoms with E-state index in [1.807, 2.05) is 0 Å². The van der Waals surface area contributed by atoms with Gasteiger partial charge < -0.3 is 9.47 Å². The highest BCUT2D eigenvalue weighted by atomic mass is 15.1. The molecule has 0 radical (unpaired) electrons. The summed E-state index contributed by atoms with van der Waals surface area (Å²) in [5.41, 5.74) is 18.7. The minimum atomic E-state index is 0.0310. The molecule has 4 aliphatic carbocycles. The van der Waals surface area contributed by atoms with E-state index in [2.05, 4.69) is 169 Å². The lowest BCUT2D eigenvalue weighted by Crippen LogP contribution is -2.18. The number of aromatic nitrogens is 1. The van der Waals surface area contributed by atoms with Crippen LogP contribution in [0.2, 0.25) is 0 Å². The van der Waals surface area contributed by atoms with Crippen molar-refractivity contribution in [3.8, 4) is 5.69 Å². The van der Waals surface area contributed by atoms with Crippen LogP contribution in [0.25, 0.3) is 29.0 Å². The molecule has 2 heteroatoms. The summed E-state index contributed by atoms with van der Waals surface area (Å²) in [5.74, 6) is 0. The van der Waals surface area contributed by atoms with E-state index in [4.69, 9.17) is 0 Å². The first kappa shape index (κ1) is 28.8. The van der Waals surface area contributed by atoms with Gasteiger partial charge >= 0.3 is 0 Å². The van der Waals surface area contributed by atoms with Crippen molar-refractivity contribution in [2.45, 2.75) is 51.4 Å². The number of fused-ring (bicyclic) bond motifs is 5. The Hall–Kier alpha value is -5.34. The molecule has 4 aliphatic rings. The van der Waals surface area contributed by atoms with E-state index in [-0.39, 0.29) is 5.41 Å². The fourth-order valence-electron chi connectivity index (χ4n) is 8.48. The van der Waals surface area contributed by atoms with Gasteiger partial charge in [0.1, 0.15) is 0 Å². The summed E-state index contributed by atoms with van der Waals surface area (Å²) in [6.07, 6.45) is 21.8. The molecule has 0 amide bonds. The number of allylic oxidation sites excluding steroid dienone is 8. The van der Waals surface area contributed by atoms with Crippen LogP contribution in [-0.4, -0.2) is 4.57 Å². The van der Waals surface area contributed by atoms with E-state index in [0.717, 1.165) is 37.8 Å². The van der Waals surface area contributed by atoms with Gasteiger partial charge in [0.2, 0.25) is 0 Å². The molecule has 0 unspecified atom stereocenters. The summed E-state index contributed by atoms with van der Waals surface area (Å²) in [7, 11) is 0. The van der Waals surface area contributed by atoms with Crippen LogP contribution in [0, 0.1) is 0 Å². The zero-order valence-electron chi connectivity index (χ0n) is 27.8. The smallest absolute Gasteiger partial charge is 0.0494 e. The van der Waals surface area contributed by atoms with Crippen LogP contribution >= 0.6 is 0 Å².